The number of ether oxygens (including phenoxy) is 1. The molecule has 0 bridgehead atoms. The Balaban J connectivity index is 1.25. The molecule has 7 rings (SSSR count). The zero-order chi connectivity index (χ0) is 34.0. The van der Waals surface area contributed by atoms with E-state index in [4.69, 9.17) is 4.74 Å². The average Bonchev–Trinajstić information content (AvgIpc) is 3.66. The molecule has 4 aliphatic heterocycles. The maximum absolute atomic E-state index is 14.8. The lowest BCUT2D eigenvalue weighted by molar-refractivity contribution is -0.322. The number of aliphatic hydroxyl groups is 1. The number of nitrogens with one attached hydrogen (secondary N) is 1. The van der Waals surface area contributed by atoms with Gasteiger partial charge in [0.1, 0.15) is 12.1 Å². The van der Waals surface area contributed by atoms with Gasteiger partial charge in [-0.25, -0.2) is 4.90 Å². The summed E-state index contributed by atoms with van der Waals surface area (Å²) >= 11 is 3.59. The van der Waals surface area contributed by atoms with Gasteiger partial charge in [0.15, 0.2) is 0 Å². The Labute approximate surface area is 279 Å². The summed E-state index contributed by atoms with van der Waals surface area (Å²) in [4.78, 5) is 45.5. The number of likely N-dealkylation sites (tertiary alicyclic amines) is 1. The number of piperidine rings is 1. The van der Waals surface area contributed by atoms with Crippen molar-refractivity contribution in [2.75, 3.05) is 13.1 Å². The van der Waals surface area contributed by atoms with Crippen molar-refractivity contribution in [1.82, 2.24) is 24.6 Å². The maximum Gasteiger partial charge on any atom is 0.460 e. The van der Waals surface area contributed by atoms with Crippen LogP contribution in [0.4, 0.5) is 13.2 Å². The van der Waals surface area contributed by atoms with Gasteiger partial charge in [0.2, 0.25) is 17.5 Å². The number of carbonyl (C=O) groups is 3. The second kappa shape index (κ2) is 10.9. The molecule has 0 saturated carbocycles. The Morgan fingerprint density at radius 2 is 1.94 bits per heavy atom. The number of benzene rings is 1. The van der Waals surface area contributed by atoms with Gasteiger partial charge in [0.05, 0.1) is 10.5 Å². The zero-order valence-corrected chi connectivity index (χ0v) is 28.7. The fourth-order valence-electron chi connectivity index (χ4n) is 8.97. The van der Waals surface area contributed by atoms with Crippen molar-refractivity contribution in [3.8, 4) is 0 Å². The highest BCUT2D eigenvalue weighted by Crippen LogP contribution is 2.51. The summed E-state index contributed by atoms with van der Waals surface area (Å²) in [6.07, 6.45) is -3.12. The minimum absolute atomic E-state index is 0.00182. The number of hydrogen-bond donors (Lipinski definition) is 2. The van der Waals surface area contributed by atoms with Crippen LogP contribution in [-0.2, 0) is 32.6 Å². The van der Waals surface area contributed by atoms with Crippen molar-refractivity contribution >= 4 is 44.6 Å². The van der Waals surface area contributed by atoms with Gasteiger partial charge in [-0.1, -0.05) is 39.8 Å². The minimum Gasteiger partial charge on any atom is -0.347 e. The van der Waals surface area contributed by atoms with Crippen molar-refractivity contribution in [3.63, 3.8) is 0 Å². The van der Waals surface area contributed by atoms with Crippen molar-refractivity contribution in [2.24, 2.45) is 24.8 Å². The van der Waals surface area contributed by atoms with Gasteiger partial charge in [0, 0.05) is 48.9 Å². The van der Waals surface area contributed by atoms with Crippen LogP contribution in [0.25, 0.3) is 10.9 Å². The third kappa shape index (κ3) is 4.64. The molecule has 4 saturated heterocycles. The van der Waals surface area contributed by atoms with Gasteiger partial charge in [-0.3, -0.25) is 24.0 Å². The Morgan fingerprint density at radius 1 is 1.21 bits per heavy atom. The smallest absolute Gasteiger partial charge is 0.347 e. The first kappa shape index (κ1) is 32.8. The number of nitrogens with zero attached hydrogens (tertiary/aromatic N) is 4. The lowest BCUT2D eigenvalue weighted by Crippen LogP contribution is -2.71. The topological polar surface area (TPSA) is 107 Å². The summed E-state index contributed by atoms with van der Waals surface area (Å²) in [5.41, 5.74) is 0.394. The molecule has 1 aromatic heterocycles. The number of alkyl halides is 3. The summed E-state index contributed by atoms with van der Waals surface area (Å²) in [6, 6.07) is 2.87. The number of halogens is 4. The molecule has 2 N–H and O–H groups in total. The normalized spacial score (nSPS) is 34.0. The maximum atomic E-state index is 14.8. The Morgan fingerprint density at radius 3 is 2.60 bits per heavy atom. The molecule has 0 radical (unpaired) electrons. The van der Waals surface area contributed by atoms with Gasteiger partial charge >= 0.3 is 6.30 Å². The fraction of sp³-hybridized carbons (Fsp3) is 0.667. The number of carbonyl (C=O) groups excluding carboxylic acids is 3. The van der Waals surface area contributed by atoms with Gasteiger partial charge < -0.3 is 19.9 Å². The number of aromatic nitrogens is 1. The number of hydrogen-bond acceptors (Lipinski definition) is 6. The third-order valence-corrected chi connectivity index (χ3v) is 12.2. The fourth-order valence-corrected chi connectivity index (χ4v) is 9.53. The standard InChI is InChI=1S/C33H41BrF3N5O5/c1-16(2)12-24-29(44)40-11-7-10-25(40)32(46)42(24)30(45)31(47-32,17(3)4)38-28(43)18-13-20-19-8-6-9-22-26(19)21(27(34)39(22)5)14-23(20)41(15-18)33(35,36)37/h6,8-9,16-18,20,23-25,46H,7,10-15H2,1-5H3,(H,38,43)/t18-,20-,23-,24+,25+,31-,32+/m1/s1. The highest BCUT2D eigenvalue weighted by molar-refractivity contribution is 9.10. The summed E-state index contributed by atoms with van der Waals surface area (Å²) in [7, 11) is 1.86. The lowest BCUT2D eigenvalue weighted by Gasteiger charge is -2.49. The Hall–Kier alpha value is -2.68. The van der Waals surface area contributed by atoms with Crippen LogP contribution in [0.5, 0.6) is 0 Å². The number of amides is 3. The van der Waals surface area contributed by atoms with Crippen LogP contribution in [0, 0.1) is 17.8 Å². The van der Waals surface area contributed by atoms with Crippen LogP contribution in [-0.4, -0.2) is 91.2 Å². The number of piperazine rings is 1. The molecule has 4 fully saturated rings. The first-order chi connectivity index (χ1) is 22.0. The molecule has 47 heavy (non-hydrogen) atoms. The molecule has 14 heteroatoms. The van der Waals surface area contributed by atoms with E-state index in [2.05, 4.69) is 21.2 Å². The molecule has 10 nitrogen and oxygen atoms in total. The SMILES string of the molecule is CC(C)C[C@H]1C(=O)N2CCC[C@H]2[C@]2(O)O[C@](NC(=O)[C@@H]3C[C@@H]4c5cccc6c5c(c(Br)n6C)C[C@H]4N(C(F)(F)F)C3)(C(C)C)C(=O)N12. The Kier molecular flexibility index (Phi) is 7.63. The number of rotatable bonds is 5. The van der Waals surface area contributed by atoms with Gasteiger partial charge in [0.25, 0.3) is 11.8 Å². The molecule has 1 aromatic carbocycles. The molecule has 5 heterocycles. The molecule has 1 aliphatic carbocycles. The van der Waals surface area contributed by atoms with E-state index in [-0.39, 0.29) is 31.1 Å². The first-order valence-corrected chi connectivity index (χ1v) is 17.3. The van der Waals surface area contributed by atoms with E-state index in [1.54, 1.807) is 18.7 Å². The molecular weight excluding hydrogens is 683 g/mol. The molecule has 5 aliphatic rings. The van der Waals surface area contributed by atoms with Gasteiger partial charge in [-0.05, 0) is 71.1 Å². The second-order valence-electron chi connectivity index (χ2n) is 14.7. The van der Waals surface area contributed by atoms with Crippen LogP contribution >= 0.6 is 15.9 Å². The van der Waals surface area contributed by atoms with Crippen molar-refractivity contribution in [2.45, 2.75) is 102 Å². The number of fused-ring (bicyclic) bond motifs is 5. The number of aryl methyl sites for hydroxylation is 1. The van der Waals surface area contributed by atoms with Gasteiger partial charge in [-0.15, -0.1) is 0 Å². The third-order valence-electron chi connectivity index (χ3n) is 11.2. The summed E-state index contributed by atoms with van der Waals surface area (Å²) < 4.78 is 53.3. The molecule has 256 valence electrons. The van der Waals surface area contributed by atoms with Crippen LogP contribution < -0.4 is 5.32 Å². The van der Waals surface area contributed by atoms with E-state index in [9.17, 15) is 32.7 Å². The highest BCUT2D eigenvalue weighted by Gasteiger charge is 2.72. The lowest BCUT2D eigenvalue weighted by atomic mass is 9.72. The van der Waals surface area contributed by atoms with Gasteiger partial charge in [-0.2, -0.15) is 13.2 Å². The summed E-state index contributed by atoms with van der Waals surface area (Å²) in [5.74, 6) is -6.44. The van der Waals surface area contributed by atoms with Crippen molar-refractivity contribution in [1.29, 1.82) is 0 Å². The highest BCUT2D eigenvalue weighted by atomic mass is 79.9. The van der Waals surface area contributed by atoms with Crippen LogP contribution in [0.1, 0.15) is 70.4 Å². The molecule has 7 atom stereocenters. The quantitative estimate of drug-likeness (QED) is 0.449. The Bertz CT molecular complexity index is 1660. The largest absolute Gasteiger partial charge is 0.460 e. The molecule has 2 aromatic rings. The second-order valence-corrected chi connectivity index (χ2v) is 15.4. The van der Waals surface area contributed by atoms with Crippen LogP contribution in [0.15, 0.2) is 22.8 Å². The molecular formula is C33H41BrF3N5O5. The average molecular weight is 725 g/mol. The predicted molar refractivity (Wildman–Crippen MR) is 168 cm³/mol. The van der Waals surface area contributed by atoms with Crippen molar-refractivity contribution < 1.29 is 37.4 Å². The predicted octanol–water partition coefficient (Wildman–Crippen LogP) is 4.18. The van der Waals surface area contributed by atoms with E-state index in [0.29, 0.717) is 24.3 Å². The molecule has 0 spiro atoms. The summed E-state index contributed by atoms with van der Waals surface area (Å²) in [5, 5.41) is 15.8. The first-order valence-electron chi connectivity index (χ1n) is 16.5. The molecule has 0 unspecified atom stereocenters. The monoisotopic (exact) mass is 723 g/mol. The summed E-state index contributed by atoms with van der Waals surface area (Å²) in [6.45, 7) is 6.95. The molecule has 3 amide bonds. The van der Waals surface area contributed by atoms with E-state index in [0.717, 1.165) is 31.5 Å². The zero-order valence-electron chi connectivity index (χ0n) is 27.1. The van der Waals surface area contributed by atoms with E-state index < -0.39 is 72.2 Å². The van der Waals surface area contributed by atoms with Crippen LogP contribution in [0.2, 0.25) is 0 Å². The minimum atomic E-state index is -4.71. The van der Waals surface area contributed by atoms with Crippen LogP contribution in [0.3, 0.4) is 0 Å². The van der Waals surface area contributed by atoms with Crippen molar-refractivity contribution in [3.05, 3.63) is 33.9 Å². The van der Waals surface area contributed by atoms with E-state index in [1.165, 1.54) is 0 Å². The van der Waals surface area contributed by atoms with E-state index in [1.807, 2.05) is 43.7 Å². The van der Waals surface area contributed by atoms with E-state index >= 15 is 0 Å².